The minimum atomic E-state index is -4.05. The molecule has 0 aliphatic heterocycles. The SMILES string of the molecule is CCOP(=O)(OCC)[C@@H](OC(=O)c1ccccc1)[C@H](NC(=O)OC(C)(C)C)c1ccccc1. The fraction of sp³-hybridized carbons (Fsp3) is 0.417. The van der Waals surface area contributed by atoms with E-state index < -0.39 is 37.1 Å². The van der Waals surface area contributed by atoms with E-state index in [-0.39, 0.29) is 18.8 Å². The molecule has 2 rings (SSSR count). The maximum Gasteiger partial charge on any atom is 0.408 e. The van der Waals surface area contributed by atoms with Gasteiger partial charge in [0.05, 0.1) is 18.8 Å². The number of alkyl carbamates (subject to hydrolysis) is 1. The van der Waals surface area contributed by atoms with Crippen LogP contribution in [0.4, 0.5) is 4.79 Å². The van der Waals surface area contributed by atoms with Crippen molar-refractivity contribution in [1.82, 2.24) is 5.32 Å². The van der Waals surface area contributed by atoms with Crippen LogP contribution in [0.15, 0.2) is 60.7 Å². The van der Waals surface area contributed by atoms with Crippen LogP contribution in [0.2, 0.25) is 0 Å². The summed E-state index contributed by atoms with van der Waals surface area (Å²) < 4.78 is 36.0. The molecule has 1 amide bonds. The average Bonchev–Trinajstić information content (AvgIpc) is 2.76. The van der Waals surface area contributed by atoms with Crippen LogP contribution in [-0.2, 0) is 23.1 Å². The average molecular weight is 477 g/mol. The lowest BCUT2D eigenvalue weighted by molar-refractivity contribution is 0.0224. The molecule has 180 valence electrons. The van der Waals surface area contributed by atoms with E-state index in [1.54, 1.807) is 95.3 Å². The molecule has 8 nitrogen and oxygen atoms in total. The zero-order valence-electron chi connectivity index (χ0n) is 19.6. The van der Waals surface area contributed by atoms with E-state index in [4.69, 9.17) is 18.5 Å². The Bertz CT molecular complexity index is 934. The number of carbonyl (C=O) groups excluding carboxylic acids is 2. The minimum Gasteiger partial charge on any atom is -0.444 e. The number of rotatable bonds is 10. The van der Waals surface area contributed by atoms with Crippen molar-refractivity contribution in [3.05, 3.63) is 71.8 Å². The molecule has 0 heterocycles. The van der Waals surface area contributed by atoms with Gasteiger partial charge in [-0.15, -0.1) is 0 Å². The number of esters is 1. The van der Waals surface area contributed by atoms with Gasteiger partial charge in [-0.2, -0.15) is 0 Å². The molecule has 0 saturated heterocycles. The Morgan fingerprint density at radius 3 is 1.91 bits per heavy atom. The lowest BCUT2D eigenvalue weighted by Gasteiger charge is -2.33. The van der Waals surface area contributed by atoms with E-state index in [0.29, 0.717) is 5.56 Å². The smallest absolute Gasteiger partial charge is 0.408 e. The van der Waals surface area contributed by atoms with Gasteiger partial charge in [-0.1, -0.05) is 48.5 Å². The Morgan fingerprint density at radius 1 is 0.909 bits per heavy atom. The van der Waals surface area contributed by atoms with Crippen LogP contribution < -0.4 is 5.32 Å². The largest absolute Gasteiger partial charge is 0.444 e. The molecule has 0 aliphatic carbocycles. The van der Waals surface area contributed by atoms with Gasteiger partial charge in [0.2, 0.25) is 5.85 Å². The topological polar surface area (TPSA) is 100 Å². The first-order valence-corrected chi connectivity index (χ1v) is 12.4. The third-order valence-electron chi connectivity index (χ3n) is 4.28. The van der Waals surface area contributed by atoms with Gasteiger partial charge in [0.1, 0.15) is 11.6 Å². The van der Waals surface area contributed by atoms with Crippen LogP contribution in [0.5, 0.6) is 0 Å². The van der Waals surface area contributed by atoms with Gasteiger partial charge in [-0.3, -0.25) is 4.57 Å². The first-order valence-electron chi connectivity index (χ1n) is 10.8. The standard InChI is InChI=1S/C24H32NO7P/c1-6-29-33(28,30-7-2)22(31-21(26)19-16-12-9-13-17-19)20(18-14-10-8-11-15-18)25-23(27)32-24(3,4)5/h8-17,20,22H,6-7H2,1-5H3,(H,25,27)/t20-,22-/m1/s1. The second-order valence-corrected chi connectivity index (χ2v) is 10.2. The first-order chi connectivity index (χ1) is 15.6. The number of benzene rings is 2. The zero-order valence-corrected chi connectivity index (χ0v) is 20.5. The molecule has 0 bridgehead atoms. The van der Waals surface area contributed by atoms with Gasteiger partial charge < -0.3 is 23.8 Å². The molecule has 0 fully saturated rings. The van der Waals surface area contributed by atoms with Crippen LogP contribution in [0, 0.1) is 0 Å². The van der Waals surface area contributed by atoms with Crippen molar-refractivity contribution in [3.63, 3.8) is 0 Å². The Balaban J connectivity index is 2.54. The van der Waals surface area contributed by atoms with Gasteiger partial charge in [0, 0.05) is 0 Å². The summed E-state index contributed by atoms with van der Waals surface area (Å²) in [5.74, 6) is -2.20. The summed E-state index contributed by atoms with van der Waals surface area (Å²) in [7, 11) is -4.05. The Labute approximate surface area is 195 Å². The van der Waals surface area contributed by atoms with Gasteiger partial charge in [0.25, 0.3) is 0 Å². The lowest BCUT2D eigenvalue weighted by Crippen LogP contribution is -2.41. The number of hydrogen-bond acceptors (Lipinski definition) is 7. The van der Waals surface area contributed by atoms with E-state index in [1.807, 2.05) is 0 Å². The van der Waals surface area contributed by atoms with Crippen LogP contribution in [0.25, 0.3) is 0 Å². The molecule has 2 aromatic rings. The Hall–Kier alpha value is -2.67. The lowest BCUT2D eigenvalue weighted by atomic mass is 10.1. The highest BCUT2D eigenvalue weighted by Gasteiger charge is 2.46. The van der Waals surface area contributed by atoms with Gasteiger partial charge in [0.15, 0.2) is 0 Å². The molecular formula is C24H32NO7P. The van der Waals surface area contributed by atoms with E-state index in [9.17, 15) is 14.2 Å². The predicted molar refractivity (Wildman–Crippen MR) is 125 cm³/mol. The number of carbonyl (C=O) groups is 2. The van der Waals surface area contributed by atoms with Crippen LogP contribution in [0.1, 0.15) is 56.6 Å². The Morgan fingerprint density at radius 2 is 1.42 bits per heavy atom. The van der Waals surface area contributed by atoms with Crippen molar-refractivity contribution in [3.8, 4) is 0 Å². The maximum absolute atomic E-state index is 13.8. The van der Waals surface area contributed by atoms with Crippen LogP contribution >= 0.6 is 7.60 Å². The summed E-state index contributed by atoms with van der Waals surface area (Å²) in [5, 5.41) is 2.70. The first kappa shape index (κ1) is 26.6. The zero-order chi connectivity index (χ0) is 24.5. The van der Waals surface area contributed by atoms with E-state index in [0.717, 1.165) is 0 Å². The van der Waals surface area contributed by atoms with E-state index in [2.05, 4.69) is 5.32 Å². The monoisotopic (exact) mass is 477 g/mol. The second-order valence-electron chi connectivity index (χ2n) is 8.07. The van der Waals surface area contributed by atoms with Gasteiger partial charge >= 0.3 is 19.7 Å². The van der Waals surface area contributed by atoms with Crippen molar-refractivity contribution < 1.29 is 32.7 Å². The molecule has 0 spiro atoms. The second kappa shape index (κ2) is 12.0. The third kappa shape index (κ3) is 8.00. The van der Waals surface area contributed by atoms with E-state index >= 15 is 0 Å². The quantitative estimate of drug-likeness (QED) is 0.346. The summed E-state index contributed by atoms with van der Waals surface area (Å²) >= 11 is 0. The highest BCUT2D eigenvalue weighted by Crippen LogP contribution is 2.57. The Kier molecular flexibility index (Phi) is 9.65. The predicted octanol–water partition coefficient (Wildman–Crippen LogP) is 5.70. The van der Waals surface area contributed by atoms with Crippen molar-refractivity contribution in [2.75, 3.05) is 13.2 Å². The van der Waals surface area contributed by atoms with Crippen molar-refractivity contribution in [2.45, 2.75) is 52.1 Å². The molecule has 33 heavy (non-hydrogen) atoms. The normalized spacial score (nSPS) is 13.6. The molecular weight excluding hydrogens is 445 g/mol. The number of ether oxygens (including phenoxy) is 2. The van der Waals surface area contributed by atoms with Crippen molar-refractivity contribution in [2.24, 2.45) is 0 Å². The minimum absolute atomic E-state index is 0.0462. The molecule has 9 heteroatoms. The van der Waals surface area contributed by atoms with Crippen LogP contribution in [0.3, 0.4) is 0 Å². The van der Waals surface area contributed by atoms with Crippen molar-refractivity contribution in [1.29, 1.82) is 0 Å². The molecule has 0 aromatic heterocycles. The molecule has 0 aliphatic rings. The maximum atomic E-state index is 13.8. The van der Waals surface area contributed by atoms with Crippen molar-refractivity contribution >= 4 is 19.7 Å². The fourth-order valence-electron chi connectivity index (χ4n) is 3.03. The van der Waals surface area contributed by atoms with Gasteiger partial charge in [-0.25, -0.2) is 9.59 Å². The highest BCUT2D eigenvalue weighted by atomic mass is 31.2. The summed E-state index contributed by atoms with van der Waals surface area (Å²) in [6.07, 6.45) is -0.767. The molecule has 2 aromatic carbocycles. The number of hydrogen-bond donors (Lipinski definition) is 1. The molecule has 2 atom stereocenters. The van der Waals surface area contributed by atoms with Crippen LogP contribution in [-0.4, -0.2) is 36.7 Å². The molecule has 0 unspecified atom stereocenters. The number of nitrogens with one attached hydrogen (secondary N) is 1. The summed E-state index contributed by atoms with van der Waals surface area (Å²) in [5.41, 5.74) is 0.0189. The highest BCUT2D eigenvalue weighted by molar-refractivity contribution is 7.54. The van der Waals surface area contributed by atoms with E-state index in [1.165, 1.54) is 0 Å². The molecule has 0 saturated carbocycles. The third-order valence-corrected chi connectivity index (χ3v) is 6.55. The fourth-order valence-corrected chi connectivity index (χ4v) is 4.95. The van der Waals surface area contributed by atoms with Gasteiger partial charge in [-0.05, 0) is 52.3 Å². The number of amides is 1. The molecule has 1 N–H and O–H groups in total. The summed E-state index contributed by atoms with van der Waals surface area (Å²) in [6, 6.07) is 15.9. The summed E-state index contributed by atoms with van der Waals surface area (Å²) in [6.45, 7) is 8.57. The summed E-state index contributed by atoms with van der Waals surface area (Å²) in [4.78, 5) is 25.7. The molecule has 0 radical (unpaired) electrons.